The number of furan rings is 1. The molecule has 0 saturated heterocycles. The highest BCUT2D eigenvalue weighted by Gasteiger charge is 2.23. The van der Waals surface area contributed by atoms with Gasteiger partial charge in [-0.1, -0.05) is 48.9 Å². The Bertz CT molecular complexity index is 1020. The summed E-state index contributed by atoms with van der Waals surface area (Å²) in [6.45, 7) is 0. The molecule has 1 N–H and O–H groups in total. The molecule has 29 heavy (non-hydrogen) atoms. The lowest BCUT2D eigenvalue weighted by Gasteiger charge is -2.12. The Morgan fingerprint density at radius 1 is 1.03 bits per heavy atom. The first kappa shape index (κ1) is 19.4. The summed E-state index contributed by atoms with van der Waals surface area (Å²) in [5.41, 5.74) is 3.81. The molecule has 4 heteroatoms. The average molecular weight is 390 g/mol. The van der Waals surface area contributed by atoms with Gasteiger partial charge in [0.1, 0.15) is 11.3 Å². The van der Waals surface area contributed by atoms with Gasteiger partial charge in [-0.2, -0.15) is 0 Å². The molecule has 4 nitrogen and oxygen atoms in total. The van der Waals surface area contributed by atoms with E-state index in [9.17, 15) is 14.7 Å². The summed E-state index contributed by atoms with van der Waals surface area (Å²) in [4.78, 5) is 24.4. The zero-order valence-corrected chi connectivity index (χ0v) is 16.5. The Labute approximate surface area is 170 Å². The minimum atomic E-state index is -0.892. The molecule has 1 aliphatic carbocycles. The highest BCUT2D eigenvalue weighted by molar-refractivity contribution is 6.01. The van der Waals surface area contributed by atoms with E-state index < -0.39 is 11.9 Å². The number of carboxylic acids is 1. The van der Waals surface area contributed by atoms with Crippen molar-refractivity contribution >= 4 is 22.7 Å². The lowest BCUT2D eigenvalue weighted by Crippen LogP contribution is -2.18. The Kier molecular flexibility index (Phi) is 5.79. The summed E-state index contributed by atoms with van der Waals surface area (Å²) in [5, 5.41) is 10.7. The van der Waals surface area contributed by atoms with E-state index in [-0.39, 0.29) is 12.2 Å². The zero-order chi connectivity index (χ0) is 20.2. The first-order chi connectivity index (χ1) is 14.1. The van der Waals surface area contributed by atoms with Crippen molar-refractivity contribution in [3.8, 4) is 0 Å². The number of Topliss-reactive ketones (excluding diaryl/α,β-unsaturated/α-hetero) is 1. The third-order valence-electron chi connectivity index (χ3n) is 5.92. The van der Waals surface area contributed by atoms with Crippen LogP contribution in [0, 0.1) is 5.92 Å². The predicted octanol–water partition coefficient (Wildman–Crippen LogP) is 5.61. The molecule has 0 spiro atoms. The number of rotatable bonds is 9. The largest absolute Gasteiger partial charge is 0.481 e. The molecule has 4 rings (SSSR count). The monoisotopic (exact) mass is 390 g/mol. The third-order valence-corrected chi connectivity index (χ3v) is 5.92. The van der Waals surface area contributed by atoms with Crippen molar-refractivity contribution in [3.63, 3.8) is 0 Å². The molecule has 0 aliphatic heterocycles. The topological polar surface area (TPSA) is 67.5 Å². The molecule has 150 valence electrons. The van der Waals surface area contributed by atoms with Gasteiger partial charge in [-0.05, 0) is 43.7 Å². The van der Waals surface area contributed by atoms with Crippen LogP contribution in [0.1, 0.15) is 59.3 Å². The second kappa shape index (κ2) is 8.64. The van der Waals surface area contributed by atoms with Gasteiger partial charge in [0.2, 0.25) is 0 Å². The van der Waals surface area contributed by atoms with Crippen molar-refractivity contribution in [1.82, 2.24) is 0 Å². The van der Waals surface area contributed by atoms with Crippen LogP contribution < -0.4 is 0 Å². The van der Waals surface area contributed by atoms with Crippen LogP contribution in [0.15, 0.2) is 52.9 Å². The number of unbranched alkanes of at least 4 members (excludes halogenated alkanes) is 1. The fourth-order valence-corrected chi connectivity index (χ4v) is 4.29. The normalized spacial score (nSPS) is 14.1. The van der Waals surface area contributed by atoms with E-state index in [0.29, 0.717) is 12.0 Å². The predicted molar refractivity (Wildman–Crippen MR) is 112 cm³/mol. The van der Waals surface area contributed by atoms with Crippen molar-refractivity contribution in [2.45, 2.75) is 51.4 Å². The van der Waals surface area contributed by atoms with Gasteiger partial charge in [0.05, 0.1) is 5.92 Å². The number of hydrogen-bond donors (Lipinski definition) is 1. The lowest BCUT2D eigenvalue weighted by molar-refractivity contribution is -0.141. The maximum absolute atomic E-state index is 12.7. The third kappa shape index (κ3) is 4.42. The Morgan fingerprint density at radius 2 is 1.86 bits per heavy atom. The first-order valence-electron chi connectivity index (χ1n) is 10.5. The first-order valence-corrected chi connectivity index (χ1v) is 10.5. The molecular formula is C25H26O4. The summed E-state index contributed by atoms with van der Waals surface area (Å²) in [5.74, 6) is -0.628. The molecule has 0 radical (unpaired) electrons. The van der Waals surface area contributed by atoms with E-state index in [2.05, 4.69) is 12.1 Å². The van der Waals surface area contributed by atoms with Gasteiger partial charge < -0.3 is 9.52 Å². The van der Waals surface area contributed by atoms with E-state index in [4.69, 9.17) is 4.42 Å². The van der Waals surface area contributed by atoms with Gasteiger partial charge in [-0.15, -0.1) is 0 Å². The fraction of sp³-hybridized carbons (Fsp3) is 0.360. The summed E-state index contributed by atoms with van der Waals surface area (Å²) >= 11 is 0. The van der Waals surface area contributed by atoms with Gasteiger partial charge in [0.15, 0.2) is 5.78 Å². The standard InChI is InChI=1S/C25H26O4/c26-22(18-13-14-21-20-11-6-12-23(20)29-24(21)16-18)15-19(25(27)28)10-5-4-9-17-7-2-1-3-8-17/h1-3,7-8,13-14,16,19H,4-6,9-12,15H2,(H,27,28). The van der Waals surface area contributed by atoms with E-state index >= 15 is 0 Å². The summed E-state index contributed by atoms with van der Waals surface area (Å²) in [6.07, 6.45) is 6.31. The molecule has 0 amide bonds. The van der Waals surface area contributed by atoms with Crippen LogP contribution in [0.25, 0.3) is 11.0 Å². The number of ketones is 1. The number of carboxylic acid groups (broad SMARTS) is 1. The van der Waals surface area contributed by atoms with Crippen molar-refractivity contribution in [2.24, 2.45) is 5.92 Å². The second-order valence-corrected chi connectivity index (χ2v) is 7.96. The Hall–Kier alpha value is -2.88. The molecule has 1 atom stereocenters. The van der Waals surface area contributed by atoms with Crippen LogP contribution in [0.5, 0.6) is 0 Å². The van der Waals surface area contributed by atoms with E-state index in [1.807, 2.05) is 30.3 Å². The van der Waals surface area contributed by atoms with E-state index in [0.717, 1.165) is 55.3 Å². The molecule has 1 unspecified atom stereocenters. The maximum atomic E-state index is 12.7. The van der Waals surface area contributed by atoms with Gasteiger partial charge in [-0.3, -0.25) is 9.59 Å². The minimum Gasteiger partial charge on any atom is -0.481 e. The van der Waals surface area contributed by atoms with Gasteiger partial charge in [0, 0.05) is 29.4 Å². The number of hydrogen-bond acceptors (Lipinski definition) is 3. The van der Waals surface area contributed by atoms with Crippen molar-refractivity contribution in [3.05, 3.63) is 71.0 Å². The second-order valence-electron chi connectivity index (χ2n) is 7.96. The van der Waals surface area contributed by atoms with Gasteiger partial charge >= 0.3 is 5.97 Å². The van der Waals surface area contributed by atoms with E-state index in [1.54, 1.807) is 6.07 Å². The molecule has 1 heterocycles. The zero-order valence-electron chi connectivity index (χ0n) is 16.5. The number of benzene rings is 2. The summed E-state index contributed by atoms with van der Waals surface area (Å²) < 4.78 is 5.91. The molecule has 0 saturated carbocycles. The van der Waals surface area contributed by atoms with Gasteiger partial charge in [0.25, 0.3) is 0 Å². The summed E-state index contributed by atoms with van der Waals surface area (Å²) in [6, 6.07) is 15.7. The number of aliphatic carboxylic acids is 1. The summed E-state index contributed by atoms with van der Waals surface area (Å²) in [7, 11) is 0. The van der Waals surface area contributed by atoms with Crippen LogP contribution in [-0.2, 0) is 24.1 Å². The highest BCUT2D eigenvalue weighted by atomic mass is 16.4. The van der Waals surface area contributed by atoms with Crippen LogP contribution >= 0.6 is 0 Å². The van der Waals surface area contributed by atoms with Crippen LogP contribution in [0.2, 0.25) is 0 Å². The molecule has 3 aromatic rings. The smallest absolute Gasteiger partial charge is 0.306 e. The fourth-order valence-electron chi connectivity index (χ4n) is 4.29. The maximum Gasteiger partial charge on any atom is 0.306 e. The van der Waals surface area contributed by atoms with Crippen molar-refractivity contribution < 1.29 is 19.1 Å². The molecule has 1 aliphatic rings. The van der Waals surface area contributed by atoms with E-state index in [1.165, 1.54) is 11.1 Å². The number of carbonyl (C=O) groups is 2. The van der Waals surface area contributed by atoms with Crippen molar-refractivity contribution in [2.75, 3.05) is 0 Å². The number of fused-ring (bicyclic) bond motifs is 3. The van der Waals surface area contributed by atoms with Crippen LogP contribution in [-0.4, -0.2) is 16.9 Å². The molecule has 0 bridgehead atoms. The molecule has 1 aromatic heterocycles. The lowest BCUT2D eigenvalue weighted by atomic mass is 9.92. The number of carbonyl (C=O) groups excluding carboxylic acids is 1. The molecule has 2 aromatic carbocycles. The molecule has 0 fully saturated rings. The van der Waals surface area contributed by atoms with Crippen LogP contribution in [0.3, 0.4) is 0 Å². The number of aryl methyl sites for hydroxylation is 3. The highest BCUT2D eigenvalue weighted by Crippen LogP contribution is 2.33. The van der Waals surface area contributed by atoms with Crippen molar-refractivity contribution in [1.29, 1.82) is 0 Å². The average Bonchev–Trinajstić information content (AvgIpc) is 3.31. The van der Waals surface area contributed by atoms with Gasteiger partial charge in [-0.25, -0.2) is 0 Å². The minimum absolute atomic E-state index is 0.0343. The quantitative estimate of drug-likeness (QED) is 0.381. The Balaban J connectivity index is 1.36. The molecular weight excluding hydrogens is 364 g/mol. The van der Waals surface area contributed by atoms with Crippen LogP contribution in [0.4, 0.5) is 0 Å². The SMILES string of the molecule is O=C(CC(CCCCc1ccccc1)C(=O)O)c1ccc2c3c(oc2c1)CCC3. The Morgan fingerprint density at radius 3 is 2.66 bits per heavy atom.